The topological polar surface area (TPSA) is 37.3 Å². The molecule has 1 N–H and O–H groups in total. The summed E-state index contributed by atoms with van der Waals surface area (Å²) < 4.78 is 0. The van der Waals surface area contributed by atoms with Gasteiger partial charge in [0, 0.05) is 6.42 Å². The monoisotopic (exact) mass is 196 g/mol. The Morgan fingerprint density at radius 2 is 2.07 bits per heavy atom. The molecule has 2 unspecified atom stereocenters. The minimum atomic E-state index is -0.784. The van der Waals surface area contributed by atoms with Gasteiger partial charge in [-0.15, -0.1) is 12.3 Å². The van der Waals surface area contributed by atoms with Crippen molar-refractivity contribution in [1.82, 2.24) is 0 Å². The van der Waals surface area contributed by atoms with Crippen LogP contribution >= 0.6 is 0 Å². The van der Waals surface area contributed by atoms with Crippen molar-refractivity contribution in [2.45, 2.75) is 40.5 Å². The van der Waals surface area contributed by atoms with E-state index in [1.807, 2.05) is 13.8 Å². The lowest BCUT2D eigenvalue weighted by molar-refractivity contribution is -0.147. The quantitative estimate of drug-likeness (QED) is 0.686. The Hall–Kier alpha value is -0.970. The summed E-state index contributed by atoms with van der Waals surface area (Å²) in [5, 5.41) is 9.09. The standard InChI is InChI=1S/C12H20O2/c1-6-8-10(11(13)14)12(4,5)9(3)7-2/h1,9-10H,7-8H2,2-5H3,(H,13,14). The molecule has 0 aliphatic rings. The highest BCUT2D eigenvalue weighted by Crippen LogP contribution is 2.38. The number of carboxylic acid groups (broad SMARTS) is 1. The molecular weight excluding hydrogens is 176 g/mol. The summed E-state index contributed by atoms with van der Waals surface area (Å²) in [6.45, 7) is 8.11. The first-order valence-corrected chi connectivity index (χ1v) is 5.04. The van der Waals surface area contributed by atoms with Crippen molar-refractivity contribution in [1.29, 1.82) is 0 Å². The second-order valence-electron chi connectivity index (χ2n) is 4.43. The minimum Gasteiger partial charge on any atom is -0.481 e. The van der Waals surface area contributed by atoms with E-state index in [4.69, 9.17) is 11.5 Å². The summed E-state index contributed by atoms with van der Waals surface area (Å²) in [6.07, 6.45) is 6.48. The van der Waals surface area contributed by atoms with E-state index in [0.717, 1.165) is 6.42 Å². The van der Waals surface area contributed by atoms with Crippen LogP contribution in [0, 0.1) is 29.6 Å². The third-order valence-corrected chi connectivity index (χ3v) is 3.40. The number of hydrogen-bond donors (Lipinski definition) is 1. The highest BCUT2D eigenvalue weighted by atomic mass is 16.4. The molecule has 0 aromatic heterocycles. The van der Waals surface area contributed by atoms with Crippen LogP contribution in [0.25, 0.3) is 0 Å². The Bertz CT molecular complexity index is 235. The first-order valence-electron chi connectivity index (χ1n) is 5.04. The zero-order valence-corrected chi connectivity index (χ0v) is 9.50. The van der Waals surface area contributed by atoms with Crippen molar-refractivity contribution in [3.8, 4) is 12.3 Å². The lowest BCUT2D eigenvalue weighted by Gasteiger charge is -2.36. The fourth-order valence-electron chi connectivity index (χ4n) is 1.66. The lowest BCUT2D eigenvalue weighted by Crippen LogP contribution is -2.35. The molecule has 0 saturated carbocycles. The summed E-state index contributed by atoms with van der Waals surface area (Å²) in [7, 11) is 0. The van der Waals surface area contributed by atoms with Gasteiger partial charge in [-0.1, -0.05) is 34.1 Å². The molecule has 0 aliphatic heterocycles. The normalized spacial score (nSPS) is 15.6. The molecule has 0 saturated heterocycles. The molecule has 0 spiro atoms. The number of aliphatic carboxylic acids is 1. The first kappa shape index (κ1) is 13.0. The van der Waals surface area contributed by atoms with Gasteiger partial charge in [0.25, 0.3) is 0 Å². The molecule has 2 heteroatoms. The second kappa shape index (κ2) is 5.05. The number of carbonyl (C=O) groups is 1. The van der Waals surface area contributed by atoms with Gasteiger partial charge in [-0.25, -0.2) is 0 Å². The van der Waals surface area contributed by atoms with Crippen LogP contribution in [0.15, 0.2) is 0 Å². The molecule has 0 amide bonds. The van der Waals surface area contributed by atoms with Crippen molar-refractivity contribution >= 4 is 5.97 Å². The van der Waals surface area contributed by atoms with Crippen LogP contribution in [0.2, 0.25) is 0 Å². The fourth-order valence-corrected chi connectivity index (χ4v) is 1.66. The molecule has 0 bridgehead atoms. The van der Waals surface area contributed by atoms with E-state index in [-0.39, 0.29) is 5.41 Å². The Balaban J connectivity index is 4.81. The molecule has 80 valence electrons. The van der Waals surface area contributed by atoms with Crippen molar-refractivity contribution in [3.05, 3.63) is 0 Å². The molecule has 0 heterocycles. The Kier molecular flexibility index (Phi) is 4.70. The van der Waals surface area contributed by atoms with Gasteiger partial charge in [-0.2, -0.15) is 0 Å². The van der Waals surface area contributed by atoms with Crippen LogP contribution in [-0.2, 0) is 4.79 Å². The van der Waals surface area contributed by atoms with Gasteiger partial charge >= 0.3 is 5.97 Å². The highest BCUT2D eigenvalue weighted by Gasteiger charge is 2.37. The van der Waals surface area contributed by atoms with E-state index < -0.39 is 11.9 Å². The van der Waals surface area contributed by atoms with Gasteiger partial charge in [-0.3, -0.25) is 4.79 Å². The summed E-state index contributed by atoms with van der Waals surface area (Å²) in [6, 6.07) is 0. The molecule has 2 nitrogen and oxygen atoms in total. The number of terminal acetylenes is 1. The molecule has 14 heavy (non-hydrogen) atoms. The molecule has 0 radical (unpaired) electrons. The van der Waals surface area contributed by atoms with Crippen LogP contribution in [0.1, 0.15) is 40.5 Å². The van der Waals surface area contributed by atoms with Gasteiger partial charge in [0.15, 0.2) is 0 Å². The van der Waals surface area contributed by atoms with E-state index in [2.05, 4.69) is 19.8 Å². The predicted octanol–water partition coefficient (Wildman–Crippen LogP) is 2.78. The van der Waals surface area contributed by atoms with Crippen LogP contribution in [0.4, 0.5) is 0 Å². The number of rotatable bonds is 5. The minimum absolute atomic E-state index is 0.243. The van der Waals surface area contributed by atoms with Crippen LogP contribution < -0.4 is 0 Å². The third kappa shape index (κ3) is 2.77. The molecular formula is C12H20O2. The number of hydrogen-bond acceptors (Lipinski definition) is 1. The predicted molar refractivity (Wildman–Crippen MR) is 57.8 cm³/mol. The Labute approximate surface area is 86.7 Å². The number of carboxylic acids is 1. The van der Waals surface area contributed by atoms with Gasteiger partial charge in [-0.05, 0) is 11.3 Å². The van der Waals surface area contributed by atoms with Crippen molar-refractivity contribution in [3.63, 3.8) is 0 Å². The summed E-state index contributed by atoms with van der Waals surface area (Å²) in [5.74, 6) is 1.59. The average Bonchev–Trinajstić information content (AvgIpc) is 2.11. The van der Waals surface area contributed by atoms with E-state index >= 15 is 0 Å². The SMILES string of the molecule is C#CCC(C(=O)O)C(C)(C)C(C)CC. The third-order valence-electron chi connectivity index (χ3n) is 3.40. The van der Waals surface area contributed by atoms with E-state index in [1.165, 1.54) is 0 Å². The van der Waals surface area contributed by atoms with Gasteiger partial charge in [0.2, 0.25) is 0 Å². The maximum atomic E-state index is 11.1. The summed E-state index contributed by atoms with van der Waals surface area (Å²) in [5.41, 5.74) is -0.243. The van der Waals surface area contributed by atoms with Gasteiger partial charge < -0.3 is 5.11 Å². The Morgan fingerprint density at radius 1 is 1.57 bits per heavy atom. The maximum absolute atomic E-state index is 11.1. The first-order chi connectivity index (χ1) is 6.37. The zero-order valence-electron chi connectivity index (χ0n) is 9.50. The van der Waals surface area contributed by atoms with Crippen LogP contribution in [-0.4, -0.2) is 11.1 Å². The molecule has 0 fully saturated rings. The van der Waals surface area contributed by atoms with E-state index in [0.29, 0.717) is 12.3 Å². The zero-order chi connectivity index (χ0) is 11.4. The fraction of sp³-hybridized carbons (Fsp3) is 0.750. The summed E-state index contributed by atoms with van der Waals surface area (Å²) >= 11 is 0. The smallest absolute Gasteiger partial charge is 0.308 e. The van der Waals surface area contributed by atoms with E-state index in [9.17, 15) is 4.79 Å². The van der Waals surface area contributed by atoms with Crippen molar-refractivity contribution < 1.29 is 9.90 Å². The highest BCUT2D eigenvalue weighted by molar-refractivity contribution is 5.71. The second-order valence-corrected chi connectivity index (χ2v) is 4.43. The van der Waals surface area contributed by atoms with Gasteiger partial charge in [0.05, 0.1) is 5.92 Å². The van der Waals surface area contributed by atoms with Crippen LogP contribution in [0.3, 0.4) is 0 Å². The van der Waals surface area contributed by atoms with E-state index in [1.54, 1.807) is 0 Å². The molecule has 0 aliphatic carbocycles. The lowest BCUT2D eigenvalue weighted by atomic mass is 9.68. The van der Waals surface area contributed by atoms with Gasteiger partial charge in [0.1, 0.15) is 0 Å². The average molecular weight is 196 g/mol. The Morgan fingerprint density at radius 3 is 2.36 bits per heavy atom. The van der Waals surface area contributed by atoms with Crippen molar-refractivity contribution in [2.24, 2.45) is 17.3 Å². The molecule has 0 rings (SSSR count). The maximum Gasteiger partial charge on any atom is 0.308 e. The molecule has 0 aromatic carbocycles. The van der Waals surface area contributed by atoms with Crippen molar-refractivity contribution in [2.75, 3.05) is 0 Å². The molecule has 0 aromatic rings. The summed E-state index contributed by atoms with van der Waals surface area (Å²) in [4.78, 5) is 11.1. The largest absolute Gasteiger partial charge is 0.481 e. The van der Waals surface area contributed by atoms with Crippen LogP contribution in [0.5, 0.6) is 0 Å². The molecule has 2 atom stereocenters.